The number of hydrogen-bond acceptors (Lipinski definition) is 5. The number of aromatic amines is 1. The van der Waals surface area contributed by atoms with Gasteiger partial charge in [-0.25, -0.2) is 9.50 Å². The van der Waals surface area contributed by atoms with Crippen molar-refractivity contribution in [2.45, 2.75) is 32.1 Å². The number of halogens is 1. The average Bonchev–Trinajstić information content (AvgIpc) is 3.52. The number of rotatable bonds is 6. The monoisotopic (exact) mass is 486 g/mol. The Morgan fingerprint density at radius 1 is 1.08 bits per heavy atom. The van der Waals surface area contributed by atoms with Crippen molar-refractivity contribution in [3.63, 3.8) is 0 Å². The fourth-order valence-electron chi connectivity index (χ4n) is 5.46. The zero-order chi connectivity index (χ0) is 24.6. The largest absolute Gasteiger partial charge is 0.338 e. The van der Waals surface area contributed by atoms with Crippen molar-refractivity contribution in [3.8, 4) is 22.6 Å². The molecule has 0 spiro atoms. The number of aromatic nitrogens is 5. The van der Waals surface area contributed by atoms with Crippen LogP contribution in [0.4, 0.5) is 4.39 Å². The van der Waals surface area contributed by atoms with Gasteiger partial charge in [-0.2, -0.15) is 0 Å². The first-order valence-electron chi connectivity index (χ1n) is 12.5. The van der Waals surface area contributed by atoms with Crippen LogP contribution in [0.2, 0.25) is 0 Å². The van der Waals surface area contributed by atoms with Crippen molar-refractivity contribution < 1.29 is 9.18 Å². The highest BCUT2D eigenvalue weighted by Crippen LogP contribution is 2.33. The predicted molar refractivity (Wildman–Crippen MR) is 133 cm³/mol. The SMILES string of the molecule is O=C(c1c(-c2cnccn2)[nH]n2c(=O)cc(-c3ccccc3CC3CCCC3)nc12)N1CC(CF)C1. The van der Waals surface area contributed by atoms with E-state index in [1.54, 1.807) is 11.1 Å². The molecule has 1 aliphatic carbocycles. The molecule has 9 heteroatoms. The zero-order valence-corrected chi connectivity index (χ0v) is 19.9. The Kier molecular flexibility index (Phi) is 5.83. The van der Waals surface area contributed by atoms with Crippen molar-refractivity contribution in [2.24, 2.45) is 11.8 Å². The van der Waals surface area contributed by atoms with Crippen LogP contribution in [0.25, 0.3) is 28.3 Å². The van der Waals surface area contributed by atoms with E-state index in [1.165, 1.54) is 48.7 Å². The lowest BCUT2D eigenvalue weighted by molar-refractivity contribution is 0.0455. The Morgan fingerprint density at radius 2 is 1.89 bits per heavy atom. The van der Waals surface area contributed by atoms with E-state index < -0.39 is 6.67 Å². The van der Waals surface area contributed by atoms with Gasteiger partial charge in [-0.3, -0.25) is 29.0 Å². The van der Waals surface area contributed by atoms with Gasteiger partial charge in [0.2, 0.25) is 0 Å². The van der Waals surface area contributed by atoms with E-state index in [4.69, 9.17) is 4.98 Å². The molecule has 1 N–H and O–H groups in total. The highest BCUT2D eigenvalue weighted by molar-refractivity contribution is 6.05. The van der Waals surface area contributed by atoms with Gasteiger partial charge in [0.1, 0.15) is 11.3 Å². The maximum atomic E-state index is 13.6. The maximum Gasteiger partial charge on any atom is 0.273 e. The molecule has 8 nitrogen and oxygen atoms in total. The van der Waals surface area contributed by atoms with Gasteiger partial charge in [0.15, 0.2) is 5.65 Å². The lowest BCUT2D eigenvalue weighted by Crippen LogP contribution is -2.50. The van der Waals surface area contributed by atoms with Crippen molar-refractivity contribution in [2.75, 3.05) is 19.8 Å². The summed E-state index contributed by atoms with van der Waals surface area (Å²) < 4.78 is 14.4. The molecule has 36 heavy (non-hydrogen) atoms. The lowest BCUT2D eigenvalue weighted by atomic mass is 9.93. The first-order chi connectivity index (χ1) is 17.6. The Labute approximate surface area is 207 Å². The first-order valence-corrected chi connectivity index (χ1v) is 12.5. The molecule has 1 saturated carbocycles. The predicted octanol–water partition coefficient (Wildman–Crippen LogP) is 3.92. The van der Waals surface area contributed by atoms with Gasteiger partial charge in [0, 0.05) is 43.0 Å². The van der Waals surface area contributed by atoms with Gasteiger partial charge in [-0.15, -0.1) is 0 Å². The second-order valence-corrected chi connectivity index (χ2v) is 9.83. The third kappa shape index (κ3) is 3.98. The number of benzene rings is 1. The number of carbonyl (C=O) groups excluding carboxylic acids is 1. The molecule has 1 aromatic carbocycles. The van der Waals surface area contributed by atoms with Crippen molar-refractivity contribution >= 4 is 11.6 Å². The standard InChI is InChI=1S/C27H27FN6O2/c28-13-18-15-33(16-18)27(36)24-25(22-14-29-9-10-30-22)32-34-23(35)12-21(31-26(24)34)20-8-4-3-7-19(20)11-17-5-1-2-6-17/h3-4,7-10,12,14,17-18,32H,1-2,5-6,11,13,15-16H2. The van der Waals surface area contributed by atoms with E-state index in [-0.39, 0.29) is 28.6 Å². The van der Waals surface area contributed by atoms with Gasteiger partial charge in [-0.1, -0.05) is 49.9 Å². The molecule has 1 aliphatic heterocycles. The third-order valence-corrected chi connectivity index (χ3v) is 7.39. The Balaban J connectivity index is 1.49. The van der Waals surface area contributed by atoms with Crippen LogP contribution in [-0.4, -0.2) is 55.1 Å². The topological polar surface area (TPSA) is 96.2 Å². The van der Waals surface area contributed by atoms with Crippen LogP contribution < -0.4 is 5.56 Å². The third-order valence-electron chi connectivity index (χ3n) is 7.39. The number of fused-ring (bicyclic) bond motifs is 1. The van der Waals surface area contributed by atoms with Crippen LogP contribution in [0.1, 0.15) is 41.6 Å². The molecule has 4 aromatic rings. The van der Waals surface area contributed by atoms with E-state index in [0.717, 1.165) is 17.5 Å². The van der Waals surface area contributed by atoms with Crippen LogP contribution in [0, 0.1) is 11.8 Å². The second-order valence-electron chi connectivity index (χ2n) is 9.83. The molecule has 184 valence electrons. The molecule has 3 aromatic heterocycles. The van der Waals surface area contributed by atoms with E-state index in [0.29, 0.717) is 36.1 Å². The quantitative estimate of drug-likeness (QED) is 0.446. The summed E-state index contributed by atoms with van der Waals surface area (Å²) in [5.41, 5.74) is 3.58. The number of likely N-dealkylation sites (tertiary alicyclic amines) is 1. The summed E-state index contributed by atoms with van der Waals surface area (Å²) in [6.07, 6.45) is 10.5. The van der Waals surface area contributed by atoms with E-state index >= 15 is 0 Å². The summed E-state index contributed by atoms with van der Waals surface area (Å²) in [5.74, 6) is 0.175. The van der Waals surface area contributed by atoms with Crippen molar-refractivity contribution in [1.82, 2.24) is 29.5 Å². The number of H-pyrrole nitrogens is 1. The van der Waals surface area contributed by atoms with Gasteiger partial charge in [0.05, 0.1) is 24.3 Å². The fourth-order valence-corrected chi connectivity index (χ4v) is 5.46. The number of hydrogen-bond donors (Lipinski definition) is 1. The van der Waals surface area contributed by atoms with Crippen LogP contribution in [0.3, 0.4) is 0 Å². The molecule has 6 rings (SSSR count). The molecule has 4 heterocycles. The number of nitrogens with zero attached hydrogens (tertiary/aromatic N) is 5. The Morgan fingerprint density at radius 3 is 2.64 bits per heavy atom. The van der Waals surface area contributed by atoms with Gasteiger partial charge >= 0.3 is 0 Å². The van der Waals surface area contributed by atoms with Crippen LogP contribution >= 0.6 is 0 Å². The minimum absolute atomic E-state index is 0.159. The molecule has 1 saturated heterocycles. The molecular weight excluding hydrogens is 459 g/mol. The molecule has 0 unspecified atom stereocenters. The minimum atomic E-state index is -0.464. The molecule has 0 bridgehead atoms. The fraction of sp³-hybridized carbons (Fsp3) is 0.370. The minimum Gasteiger partial charge on any atom is -0.338 e. The Hall–Kier alpha value is -3.88. The molecule has 2 fully saturated rings. The smallest absolute Gasteiger partial charge is 0.273 e. The van der Waals surface area contributed by atoms with E-state index in [9.17, 15) is 14.0 Å². The highest BCUT2D eigenvalue weighted by Gasteiger charge is 2.35. The molecule has 1 amide bonds. The lowest BCUT2D eigenvalue weighted by Gasteiger charge is -2.37. The number of amides is 1. The summed E-state index contributed by atoms with van der Waals surface area (Å²) in [7, 11) is 0. The summed E-state index contributed by atoms with van der Waals surface area (Å²) in [6.45, 7) is 0.204. The maximum absolute atomic E-state index is 13.6. The molecular formula is C27H27FN6O2. The zero-order valence-electron chi connectivity index (χ0n) is 19.9. The van der Waals surface area contributed by atoms with Crippen molar-refractivity contribution in [3.05, 3.63) is 70.4 Å². The number of carbonyl (C=O) groups is 1. The Bertz CT molecular complexity index is 1470. The van der Waals surface area contributed by atoms with Crippen molar-refractivity contribution in [1.29, 1.82) is 0 Å². The normalized spacial score (nSPS) is 16.5. The average molecular weight is 487 g/mol. The second kappa shape index (κ2) is 9.29. The van der Waals surface area contributed by atoms with Gasteiger partial charge in [-0.05, 0) is 17.9 Å². The molecule has 2 aliphatic rings. The summed E-state index contributed by atoms with van der Waals surface area (Å²) in [5, 5.41) is 3.03. The summed E-state index contributed by atoms with van der Waals surface area (Å²) in [6, 6.07) is 9.56. The summed E-state index contributed by atoms with van der Waals surface area (Å²) in [4.78, 5) is 41.8. The van der Waals surface area contributed by atoms with E-state index in [1.807, 2.05) is 18.2 Å². The van der Waals surface area contributed by atoms with Crippen LogP contribution in [-0.2, 0) is 6.42 Å². The summed E-state index contributed by atoms with van der Waals surface area (Å²) >= 11 is 0. The highest BCUT2D eigenvalue weighted by atomic mass is 19.1. The van der Waals surface area contributed by atoms with E-state index in [2.05, 4.69) is 21.1 Å². The number of alkyl halides is 1. The van der Waals surface area contributed by atoms with Crippen LogP contribution in [0.5, 0.6) is 0 Å². The van der Waals surface area contributed by atoms with Gasteiger partial charge < -0.3 is 4.90 Å². The molecule has 0 radical (unpaired) electrons. The molecule has 0 atom stereocenters. The number of nitrogens with one attached hydrogen (secondary N) is 1. The van der Waals surface area contributed by atoms with Gasteiger partial charge in [0.25, 0.3) is 11.5 Å². The van der Waals surface area contributed by atoms with Crippen LogP contribution in [0.15, 0.2) is 53.7 Å². The first kappa shape index (κ1) is 22.6.